The zero-order valence-corrected chi connectivity index (χ0v) is 16.4. The lowest BCUT2D eigenvalue weighted by Crippen LogP contribution is -2.50. The van der Waals surface area contributed by atoms with Gasteiger partial charge in [-0.15, -0.1) is 0 Å². The van der Waals surface area contributed by atoms with Gasteiger partial charge in [-0.1, -0.05) is 30.3 Å². The number of morpholine rings is 1. The van der Waals surface area contributed by atoms with E-state index in [2.05, 4.69) is 61.1 Å². The highest BCUT2D eigenvalue weighted by Gasteiger charge is 2.40. The molecule has 0 spiro atoms. The Balaban J connectivity index is 1.30. The summed E-state index contributed by atoms with van der Waals surface area (Å²) in [6.45, 7) is 6.88. The average Bonchev–Trinajstić information content (AvgIpc) is 3.21. The van der Waals surface area contributed by atoms with Gasteiger partial charge in [-0.05, 0) is 24.8 Å². The molecule has 6 heteroatoms. The summed E-state index contributed by atoms with van der Waals surface area (Å²) in [5.41, 5.74) is 1.37. The Bertz CT molecular complexity index is 780. The third-order valence-electron chi connectivity index (χ3n) is 6.29. The molecule has 3 aliphatic heterocycles. The number of nitrogens with zero attached hydrogens (tertiary/aromatic N) is 5. The number of hydrogen-bond acceptors (Lipinski definition) is 6. The smallest absolute Gasteiger partial charge is 0.134 e. The second-order valence-corrected chi connectivity index (χ2v) is 8.12. The molecule has 6 nitrogen and oxygen atoms in total. The number of anilines is 2. The van der Waals surface area contributed by atoms with Crippen molar-refractivity contribution in [3.8, 4) is 0 Å². The third-order valence-corrected chi connectivity index (χ3v) is 6.29. The van der Waals surface area contributed by atoms with E-state index in [-0.39, 0.29) is 6.10 Å². The summed E-state index contributed by atoms with van der Waals surface area (Å²) in [6.07, 6.45) is 5.83. The quantitative estimate of drug-likeness (QED) is 0.814. The van der Waals surface area contributed by atoms with Crippen molar-refractivity contribution in [1.82, 2.24) is 14.9 Å². The molecule has 4 heterocycles. The molecule has 5 rings (SSSR count). The third kappa shape index (κ3) is 3.71. The number of piperidine rings is 1. The lowest BCUT2D eigenvalue weighted by Gasteiger charge is -2.36. The molecular weight excluding hydrogens is 350 g/mol. The molecule has 28 heavy (non-hydrogen) atoms. The fraction of sp³-hybridized carbons (Fsp3) is 0.545. The summed E-state index contributed by atoms with van der Waals surface area (Å²) in [7, 11) is 0. The lowest BCUT2D eigenvalue weighted by atomic mass is 10.1. The number of hydrogen-bond donors (Lipinski definition) is 0. The van der Waals surface area contributed by atoms with E-state index in [1.165, 1.54) is 24.8 Å². The number of rotatable bonds is 4. The Morgan fingerprint density at radius 2 is 1.68 bits per heavy atom. The van der Waals surface area contributed by atoms with E-state index >= 15 is 0 Å². The van der Waals surface area contributed by atoms with Gasteiger partial charge in [0, 0.05) is 45.3 Å². The summed E-state index contributed by atoms with van der Waals surface area (Å²) in [4.78, 5) is 16.5. The molecule has 0 saturated carbocycles. The van der Waals surface area contributed by atoms with Crippen molar-refractivity contribution < 1.29 is 4.74 Å². The predicted molar refractivity (Wildman–Crippen MR) is 111 cm³/mol. The predicted octanol–water partition coefficient (Wildman–Crippen LogP) is 2.56. The second kappa shape index (κ2) is 8.05. The SMILES string of the molecule is c1ccc(CN2CCOC3CN(c4cc(N5CCCCC5)ncn4)CC32)cc1. The van der Waals surface area contributed by atoms with Gasteiger partial charge in [-0.25, -0.2) is 9.97 Å². The highest BCUT2D eigenvalue weighted by Crippen LogP contribution is 2.29. The minimum absolute atomic E-state index is 0.255. The highest BCUT2D eigenvalue weighted by atomic mass is 16.5. The normalized spacial score (nSPS) is 25.7. The van der Waals surface area contributed by atoms with Crippen LogP contribution in [-0.2, 0) is 11.3 Å². The minimum Gasteiger partial charge on any atom is -0.373 e. The molecule has 2 aromatic rings. The average molecular weight is 380 g/mol. The van der Waals surface area contributed by atoms with Gasteiger partial charge in [-0.2, -0.15) is 0 Å². The van der Waals surface area contributed by atoms with Crippen LogP contribution in [0.5, 0.6) is 0 Å². The molecule has 0 amide bonds. The molecule has 148 valence electrons. The van der Waals surface area contributed by atoms with Crippen LogP contribution in [0.1, 0.15) is 24.8 Å². The molecule has 3 aliphatic rings. The van der Waals surface area contributed by atoms with E-state index in [1.807, 2.05) is 0 Å². The molecule has 0 aliphatic carbocycles. The minimum atomic E-state index is 0.255. The molecular formula is C22H29N5O. The van der Waals surface area contributed by atoms with Crippen LogP contribution >= 0.6 is 0 Å². The molecule has 3 saturated heterocycles. The fourth-order valence-corrected chi connectivity index (χ4v) is 4.77. The van der Waals surface area contributed by atoms with E-state index in [9.17, 15) is 0 Å². The van der Waals surface area contributed by atoms with Crippen molar-refractivity contribution in [3.63, 3.8) is 0 Å². The Morgan fingerprint density at radius 1 is 0.893 bits per heavy atom. The molecule has 3 fully saturated rings. The summed E-state index contributed by atoms with van der Waals surface area (Å²) >= 11 is 0. The lowest BCUT2D eigenvalue weighted by molar-refractivity contribution is -0.0499. The molecule has 1 aromatic heterocycles. The van der Waals surface area contributed by atoms with Crippen molar-refractivity contribution >= 4 is 11.6 Å². The van der Waals surface area contributed by atoms with Crippen molar-refractivity contribution in [3.05, 3.63) is 48.3 Å². The zero-order chi connectivity index (χ0) is 18.8. The van der Waals surface area contributed by atoms with E-state index < -0.39 is 0 Å². The van der Waals surface area contributed by atoms with E-state index in [4.69, 9.17) is 4.74 Å². The van der Waals surface area contributed by atoms with Crippen LogP contribution in [0.15, 0.2) is 42.7 Å². The standard InChI is InChI=1S/C22H29N5O/c1-3-7-18(8-4-1)14-26-11-12-28-20-16-27(15-19(20)26)22-13-21(23-17-24-22)25-9-5-2-6-10-25/h1,3-4,7-8,13,17,19-20H,2,5-6,9-12,14-16H2. The van der Waals surface area contributed by atoms with Crippen LogP contribution in [0.4, 0.5) is 11.6 Å². The summed E-state index contributed by atoms with van der Waals surface area (Å²) in [6, 6.07) is 13.3. The first-order valence-electron chi connectivity index (χ1n) is 10.6. The fourth-order valence-electron chi connectivity index (χ4n) is 4.77. The highest BCUT2D eigenvalue weighted by molar-refractivity contribution is 5.51. The molecule has 2 unspecified atom stereocenters. The van der Waals surface area contributed by atoms with Gasteiger partial charge in [0.1, 0.15) is 18.0 Å². The maximum atomic E-state index is 6.13. The maximum absolute atomic E-state index is 6.13. The molecule has 0 N–H and O–H groups in total. The van der Waals surface area contributed by atoms with Crippen LogP contribution < -0.4 is 9.80 Å². The van der Waals surface area contributed by atoms with Gasteiger partial charge in [-0.3, -0.25) is 4.90 Å². The zero-order valence-electron chi connectivity index (χ0n) is 16.4. The summed E-state index contributed by atoms with van der Waals surface area (Å²) in [5, 5.41) is 0. The van der Waals surface area contributed by atoms with Gasteiger partial charge in [0.25, 0.3) is 0 Å². The Hall–Kier alpha value is -2.18. The van der Waals surface area contributed by atoms with Crippen LogP contribution in [-0.4, -0.2) is 66.3 Å². The van der Waals surface area contributed by atoms with Crippen LogP contribution in [0.2, 0.25) is 0 Å². The Kier molecular flexibility index (Phi) is 5.14. The first-order chi connectivity index (χ1) is 13.9. The van der Waals surface area contributed by atoms with Crippen molar-refractivity contribution in [2.75, 3.05) is 49.1 Å². The van der Waals surface area contributed by atoms with Crippen molar-refractivity contribution in [2.24, 2.45) is 0 Å². The van der Waals surface area contributed by atoms with E-state index in [1.54, 1.807) is 6.33 Å². The van der Waals surface area contributed by atoms with Gasteiger partial charge in [0.05, 0.1) is 18.8 Å². The monoisotopic (exact) mass is 379 g/mol. The number of benzene rings is 1. The number of fused-ring (bicyclic) bond motifs is 1. The molecule has 2 atom stereocenters. The van der Waals surface area contributed by atoms with Gasteiger partial charge in [0.15, 0.2) is 0 Å². The molecule has 0 bridgehead atoms. The molecule has 0 radical (unpaired) electrons. The largest absolute Gasteiger partial charge is 0.373 e. The first-order valence-corrected chi connectivity index (χ1v) is 10.6. The second-order valence-electron chi connectivity index (χ2n) is 8.12. The van der Waals surface area contributed by atoms with Crippen molar-refractivity contribution in [1.29, 1.82) is 0 Å². The van der Waals surface area contributed by atoms with Crippen LogP contribution in [0, 0.1) is 0 Å². The van der Waals surface area contributed by atoms with Gasteiger partial charge < -0.3 is 14.5 Å². The van der Waals surface area contributed by atoms with Gasteiger partial charge >= 0.3 is 0 Å². The molecule has 1 aromatic carbocycles. The van der Waals surface area contributed by atoms with Gasteiger partial charge in [0.2, 0.25) is 0 Å². The Labute approximate surface area is 167 Å². The summed E-state index contributed by atoms with van der Waals surface area (Å²) < 4.78 is 6.13. The number of ether oxygens (including phenoxy) is 1. The van der Waals surface area contributed by atoms with Crippen LogP contribution in [0.25, 0.3) is 0 Å². The van der Waals surface area contributed by atoms with E-state index in [0.29, 0.717) is 6.04 Å². The first kappa shape index (κ1) is 17.9. The topological polar surface area (TPSA) is 44.7 Å². The summed E-state index contributed by atoms with van der Waals surface area (Å²) in [5.74, 6) is 2.11. The number of aromatic nitrogens is 2. The van der Waals surface area contributed by atoms with Crippen LogP contribution in [0.3, 0.4) is 0 Å². The van der Waals surface area contributed by atoms with Crippen molar-refractivity contribution in [2.45, 2.75) is 38.0 Å². The maximum Gasteiger partial charge on any atom is 0.134 e. The Morgan fingerprint density at radius 3 is 2.50 bits per heavy atom. The van der Waals surface area contributed by atoms with E-state index in [0.717, 1.165) is 57.5 Å².